The predicted octanol–water partition coefficient (Wildman–Crippen LogP) is 2.18. The van der Waals surface area contributed by atoms with Gasteiger partial charge in [0.05, 0.1) is 6.04 Å². The quantitative estimate of drug-likeness (QED) is 0.636. The number of hydrogen-bond donors (Lipinski definition) is 3. The molecule has 4 N–H and O–H groups in total. The molecule has 1 aromatic carbocycles. The molecule has 0 radical (unpaired) electrons. The van der Waals surface area contributed by atoms with Crippen molar-refractivity contribution in [1.29, 1.82) is 0 Å². The van der Waals surface area contributed by atoms with Gasteiger partial charge in [0.15, 0.2) is 0 Å². The van der Waals surface area contributed by atoms with Crippen molar-refractivity contribution >= 4 is 28.8 Å². The lowest BCUT2D eigenvalue weighted by molar-refractivity contribution is -0.137. The lowest BCUT2D eigenvalue weighted by Gasteiger charge is -2.36. The van der Waals surface area contributed by atoms with Gasteiger partial charge in [-0.2, -0.15) is 0 Å². The van der Waals surface area contributed by atoms with E-state index in [2.05, 4.69) is 10.3 Å². The van der Waals surface area contributed by atoms with Crippen molar-refractivity contribution < 1.29 is 19.1 Å². The van der Waals surface area contributed by atoms with Crippen LogP contribution in [-0.4, -0.2) is 76.6 Å². The number of benzene rings is 1. The van der Waals surface area contributed by atoms with Crippen molar-refractivity contribution in [1.82, 2.24) is 20.1 Å². The van der Waals surface area contributed by atoms with E-state index in [-0.39, 0.29) is 23.8 Å². The minimum absolute atomic E-state index is 0.195. The summed E-state index contributed by atoms with van der Waals surface area (Å²) in [5.74, 6) is -0.805. The van der Waals surface area contributed by atoms with Gasteiger partial charge < -0.3 is 30.6 Å². The summed E-state index contributed by atoms with van der Waals surface area (Å²) < 4.78 is 5.39. The van der Waals surface area contributed by atoms with Crippen molar-refractivity contribution in [2.24, 2.45) is 5.73 Å². The number of fused-ring (bicyclic) bond motifs is 1. The highest BCUT2D eigenvalue weighted by atomic mass is 16.6. The van der Waals surface area contributed by atoms with Crippen LogP contribution in [0.25, 0.3) is 10.9 Å². The summed E-state index contributed by atoms with van der Waals surface area (Å²) in [7, 11) is 0. The normalized spacial score (nSPS) is 17.4. The number of nitrogens with one attached hydrogen (secondary N) is 2. The molecule has 0 saturated carbocycles. The van der Waals surface area contributed by atoms with Gasteiger partial charge in [-0.3, -0.25) is 9.59 Å². The standard InChI is InChI=1S/C24H35N5O4/c1-15(18-14-26-19-9-7-6-8-17(18)19)20(25)21(30)27-16(2)22(31)28-10-12-29(13-11-28)23(32)33-24(3,4)5/h6-9,14-16,20,26H,10-13,25H2,1-5H3,(H,27,30)/t15-,16+,20?/m0/s1. The van der Waals surface area contributed by atoms with E-state index in [9.17, 15) is 14.4 Å². The van der Waals surface area contributed by atoms with E-state index in [0.29, 0.717) is 26.2 Å². The first-order valence-electron chi connectivity index (χ1n) is 11.4. The third kappa shape index (κ3) is 5.84. The van der Waals surface area contributed by atoms with Gasteiger partial charge in [0.1, 0.15) is 11.6 Å². The summed E-state index contributed by atoms with van der Waals surface area (Å²) in [5.41, 5.74) is 7.65. The van der Waals surface area contributed by atoms with E-state index < -0.39 is 17.7 Å². The minimum atomic E-state index is -0.802. The molecule has 1 unspecified atom stereocenters. The van der Waals surface area contributed by atoms with E-state index >= 15 is 0 Å². The maximum absolute atomic E-state index is 12.9. The van der Waals surface area contributed by atoms with Crippen molar-refractivity contribution in [2.45, 2.75) is 58.2 Å². The molecule has 0 spiro atoms. The van der Waals surface area contributed by atoms with E-state index in [4.69, 9.17) is 10.5 Å². The van der Waals surface area contributed by atoms with E-state index in [1.165, 1.54) is 0 Å². The molecule has 2 heterocycles. The number of carbonyl (C=O) groups is 3. The van der Waals surface area contributed by atoms with Crippen LogP contribution in [0, 0.1) is 0 Å². The fraction of sp³-hybridized carbons (Fsp3) is 0.542. The number of carbonyl (C=O) groups excluding carboxylic acids is 3. The van der Waals surface area contributed by atoms with Crippen LogP contribution in [0.4, 0.5) is 4.79 Å². The predicted molar refractivity (Wildman–Crippen MR) is 127 cm³/mol. The Labute approximate surface area is 194 Å². The minimum Gasteiger partial charge on any atom is -0.444 e. The van der Waals surface area contributed by atoms with Gasteiger partial charge in [-0.05, 0) is 39.3 Å². The second-order valence-corrected chi connectivity index (χ2v) is 9.63. The van der Waals surface area contributed by atoms with Gasteiger partial charge >= 0.3 is 6.09 Å². The van der Waals surface area contributed by atoms with Crippen LogP contribution in [0.15, 0.2) is 30.5 Å². The Bertz CT molecular complexity index is 1000. The molecule has 1 aliphatic heterocycles. The molecule has 1 aliphatic rings. The van der Waals surface area contributed by atoms with Gasteiger partial charge in [0.25, 0.3) is 0 Å². The van der Waals surface area contributed by atoms with Crippen LogP contribution in [0.3, 0.4) is 0 Å². The van der Waals surface area contributed by atoms with E-state index in [0.717, 1.165) is 16.5 Å². The van der Waals surface area contributed by atoms with Crippen LogP contribution in [0.2, 0.25) is 0 Å². The second-order valence-electron chi connectivity index (χ2n) is 9.63. The van der Waals surface area contributed by atoms with E-state index in [1.54, 1.807) is 16.7 Å². The van der Waals surface area contributed by atoms with Crippen LogP contribution in [0.1, 0.15) is 46.1 Å². The Balaban J connectivity index is 1.53. The molecule has 0 aliphatic carbocycles. The van der Waals surface area contributed by atoms with Gasteiger partial charge in [0, 0.05) is 49.2 Å². The monoisotopic (exact) mass is 457 g/mol. The number of nitrogens with two attached hydrogens (primary N) is 1. The number of hydrogen-bond acceptors (Lipinski definition) is 5. The number of H-pyrrole nitrogens is 1. The molecule has 1 saturated heterocycles. The van der Waals surface area contributed by atoms with Crippen molar-refractivity contribution in [2.75, 3.05) is 26.2 Å². The summed E-state index contributed by atoms with van der Waals surface area (Å²) in [6.45, 7) is 10.6. The molecule has 9 nitrogen and oxygen atoms in total. The van der Waals surface area contributed by atoms with Gasteiger partial charge in [0.2, 0.25) is 11.8 Å². The van der Waals surface area contributed by atoms with Crippen LogP contribution in [-0.2, 0) is 14.3 Å². The molecule has 180 valence electrons. The highest BCUT2D eigenvalue weighted by molar-refractivity contribution is 5.91. The Hall–Kier alpha value is -3.07. The highest BCUT2D eigenvalue weighted by Gasteiger charge is 2.31. The lowest BCUT2D eigenvalue weighted by atomic mass is 9.93. The third-order valence-corrected chi connectivity index (χ3v) is 5.93. The average molecular weight is 458 g/mol. The van der Waals surface area contributed by atoms with Gasteiger partial charge in [-0.1, -0.05) is 25.1 Å². The first kappa shape index (κ1) is 24.6. The summed E-state index contributed by atoms with van der Waals surface area (Å²) in [4.78, 5) is 44.3. The molecule has 2 aromatic rings. The topological polar surface area (TPSA) is 121 Å². The maximum atomic E-state index is 12.9. The first-order chi connectivity index (χ1) is 15.5. The summed E-state index contributed by atoms with van der Waals surface area (Å²) in [6, 6.07) is 6.34. The molecule has 3 rings (SSSR count). The molecule has 0 bridgehead atoms. The smallest absolute Gasteiger partial charge is 0.410 e. The zero-order chi connectivity index (χ0) is 24.3. The summed E-state index contributed by atoms with van der Waals surface area (Å²) in [5, 5.41) is 3.79. The number of amides is 3. The number of nitrogens with zero attached hydrogens (tertiary/aromatic N) is 2. The van der Waals surface area contributed by atoms with Crippen molar-refractivity contribution in [3.63, 3.8) is 0 Å². The maximum Gasteiger partial charge on any atom is 0.410 e. The third-order valence-electron chi connectivity index (χ3n) is 5.93. The molecule has 33 heavy (non-hydrogen) atoms. The highest BCUT2D eigenvalue weighted by Crippen LogP contribution is 2.27. The Morgan fingerprint density at radius 3 is 2.30 bits per heavy atom. The number of aromatic amines is 1. The fourth-order valence-electron chi connectivity index (χ4n) is 3.97. The molecular formula is C24H35N5O4. The molecule has 1 aromatic heterocycles. The largest absolute Gasteiger partial charge is 0.444 e. The van der Waals surface area contributed by atoms with Gasteiger partial charge in [-0.25, -0.2) is 4.79 Å². The number of para-hydroxylation sites is 1. The lowest BCUT2D eigenvalue weighted by Crippen LogP contribution is -2.57. The zero-order valence-electron chi connectivity index (χ0n) is 20.1. The number of piperazine rings is 1. The van der Waals surface area contributed by atoms with Crippen LogP contribution >= 0.6 is 0 Å². The van der Waals surface area contributed by atoms with Crippen LogP contribution < -0.4 is 11.1 Å². The molecule has 3 amide bonds. The Morgan fingerprint density at radius 1 is 1.06 bits per heavy atom. The average Bonchev–Trinajstić information content (AvgIpc) is 3.20. The number of rotatable bonds is 5. The number of aromatic nitrogens is 1. The summed E-state index contributed by atoms with van der Waals surface area (Å²) in [6.07, 6.45) is 1.49. The van der Waals surface area contributed by atoms with Crippen molar-refractivity contribution in [3.05, 3.63) is 36.0 Å². The molecule has 3 atom stereocenters. The second kappa shape index (κ2) is 9.82. The zero-order valence-corrected chi connectivity index (χ0v) is 20.1. The van der Waals surface area contributed by atoms with Gasteiger partial charge in [-0.15, -0.1) is 0 Å². The van der Waals surface area contributed by atoms with Crippen LogP contribution in [0.5, 0.6) is 0 Å². The SMILES string of the molecule is C[C@@H](NC(=O)C(N)[C@@H](C)c1c[nH]c2ccccc12)C(=O)N1CCN(C(=O)OC(C)(C)C)CC1. The first-order valence-corrected chi connectivity index (χ1v) is 11.4. The molecule has 1 fully saturated rings. The Morgan fingerprint density at radius 2 is 1.67 bits per heavy atom. The number of ether oxygens (including phenoxy) is 1. The fourth-order valence-corrected chi connectivity index (χ4v) is 3.97. The Kier molecular flexibility index (Phi) is 7.31. The van der Waals surface area contributed by atoms with E-state index in [1.807, 2.05) is 58.2 Å². The molecule has 9 heteroatoms. The summed E-state index contributed by atoms with van der Waals surface area (Å²) >= 11 is 0. The van der Waals surface area contributed by atoms with Crippen molar-refractivity contribution in [3.8, 4) is 0 Å². The molecular weight excluding hydrogens is 422 g/mol.